The fraction of sp³-hybridized carbons (Fsp3) is 0.250. The first kappa shape index (κ1) is 6.56. The first-order valence-corrected chi connectivity index (χ1v) is 2.69. The molecule has 0 rings (SSSR count). The van der Waals surface area contributed by atoms with E-state index in [1.165, 1.54) is 11.8 Å². The lowest BCUT2D eigenvalue weighted by Gasteiger charge is -1.83. The highest BCUT2D eigenvalue weighted by Gasteiger charge is 1.75. The van der Waals surface area contributed by atoms with Crippen LogP contribution in [0.1, 0.15) is 6.92 Å². The van der Waals surface area contributed by atoms with E-state index in [1.54, 1.807) is 5.55 Å². The third kappa shape index (κ3) is 5.56. The van der Waals surface area contributed by atoms with Gasteiger partial charge in [-0.05, 0) is 11.8 Å². The van der Waals surface area contributed by atoms with Crippen LogP contribution in [0, 0.1) is 0 Å². The molecule has 0 aliphatic heterocycles. The Morgan fingerprint density at radius 2 is 2.57 bits per heavy atom. The zero-order chi connectivity index (χ0) is 5.70. The molecule has 7 heavy (non-hydrogen) atoms. The predicted octanol–water partition coefficient (Wildman–Crippen LogP) is 1.16. The average Bonchev–Trinajstić information content (AvgIpc) is 1.61. The van der Waals surface area contributed by atoms with Gasteiger partial charge in [0.1, 0.15) is 0 Å². The maximum absolute atomic E-state index is 4.78. The van der Waals surface area contributed by atoms with Gasteiger partial charge in [0.2, 0.25) is 0 Å². The van der Waals surface area contributed by atoms with Crippen molar-refractivity contribution < 1.29 is 0 Å². The summed E-state index contributed by atoms with van der Waals surface area (Å²) in [5.74, 6) is 4.78. The molecule has 0 aliphatic carbocycles. The van der Waals surface area contributed by atoms with E-state index in [0.717, 1.165) is 4.91 Å². The minimum atomic E-state index is 0.995. The molecule has 0 amide bonds. The molecular weight excluding hydrogens is 108 g/mol. The van der Waals surface area contributed by atoms with E-state index in [4.69, 9.17) is 5.84 Å². The first-order chi connectivity index (χ1) is 3.27. The fourth-order valence-electron chi connectivity index (χ4n) is 0.120. The van der Waals surface area contributed by atoms with Crippen LogP contribution in [0.3, 0.4) is 0 Å². The minimum absolute atomic E-state index is 0.995. The summed E-state index contributed by atoms with van der Waals surface area (Å²) in [4.78, 5) is 0.995. The van der Waals surface area contributed by atoms with Gasteiger partial charge in [-0.3, -0.25) is 0 Å². The van der Waals surface area contributed by atoms with E-state index >= 15 is 0 Å². The topological polar surface area (TPSA) is 38.4 Å². The Morgan fingerprint density at radius 3 is 2.71 bits per heavy atom. The van der Waals surface area contributed by atoms with Gasteiger partial charge < -0.3 is 5.84 Å². The molecule has 2 nitrogen and oxygen atoms in total. The molecule has 2 N–H and O–H groups in total. The lowest BCUT2D eigenvalue weighted by Crippen LogP contribution is -1.76. The molecule has 0 heterocycles. The highest BCUT2D eigenvalue weighted by atomic mass is 32.2. The fourth-order valence-corrected chi connectivity index (χ4v) is 0.361. The Balaban J connectivity index is 3.14. The van der Waals surface area contributed by atoms with E-state index in [-0.39, 0.29) is 0 Å². The lowest BCUT2D eigenvalue weighted by molar-refractivity contribution is 1.27. The molecule has 0 aliphatic rings. The second-order valence-corrected chi connectivity index (χ2v) is 2.22. The average molecular weight is 116 g/mol. The highest BCUT2D eigenvalue weighted by Crippen LogP contribution is 2.05. The quantitative estimate of drug-likeness (QED) is 0.254. The number of hydrogen-bond donors (Lipinski definition) is 1. The van der Waals surface area contributed by atoms with Crippen molar-refractivity contribution in [3.8, 4) is 0 Å². The predicted molar refractivity (Wildman–Crippen MR) is 35.1 cm³/mol. The summed E-state index contributed by atoms with van der Waals surface area (Å²) in [5.41, 5.74) is 1.54. The van der Waals surface area contributed by atoms with Gasteiger partial charge in [0.05, 0.1) is 5.55 Å². The number of hydrogen-bond acceptors (Lipinski definition) is 3. The highest BCUT2D eigenvalue weighted by molar-refractivity contribution is 8.15. The Labute approximate surface area is 47.5 Å². The Hall–Kier alpha value is -0.440. The summed E-state index contributed by atoms with van der Waals surface area (Å²) in [6, 6.07) is 0. The largest absolute Gasteiger partial charge is 0.323 e. The standard InChI is InChI=1S/C4H8N2S/c1-4(2)7-3-6-5/h3H,1,5H2,2H3/b6-3-. The Bertz CT molecular complexity index is 87.7. The SMILES string of the molecule is C=C(C)S/C=N\N. The van der Waals surface area contributed by atoms with E-state index in [2.05, 4.69) is 11.7 Å². The van der Waals surface area contributed by atoms with E-state index in [9.17, 15) is 0 Å². The summed E-state index contributed by atoms with van der Waals surface area (Å²) in [6.07, 6.45) is 0. The summed E-state index contributed by atoms with van der Waals surface area (Å²) in [7, 11) is 0. The van der Waals surface area contributed by atoms with Crippen LogP contribution in [0.15, 0.2) is 16.6 Å². The van der Waals surface area contributed by atoms with Gasteiger partial charge in [0, 0.05) is 0 Å². The number of nitrogens with zero attached hydrogens (tertiary/aromatic N) is 1. The molecule has 0 fully saturated rings. The maximum atomic E-state index is 4.78. The molecule has 0 aromatic rings. The van der Waals surface area contributed by atoms with Crippen LogP contribution in [0.25, 0.3) is 0 Å². The van der Waals surface area contributed by atoms with Gasteiger partial charge in [-0.2, -0.15) is 5.10 Å². The molecule has 0 saturated carbocycles. The van der Waals surface area contributed by atoms with Crippen molar-refractivity contribution in [1.29, 1.82) is 0 Å². The van der Waals surface area contributed by atoms with Gasteiger partial charge in [-0.15, -0.1) is 0 Å². The van der Waals surface area contributed by atoms with Crippen LogP contribution in [0.5, 0.6) is 0 Å². The summed E-state index contributed by atoms with van der Waals surface area (Å²) >= 11 is 1.42. The van der Waals surface area contributed by atoms with Crippen molar-refractivity contribution in [3.05, 3.63) is 11.5 Å². The van der Waals surface area contributed by atoms with Crippen molar-refractivity contribution in [1.82, 2.24) is 0 Å². The molecule has 0 aromatic heterocycles. The molecule has 0 radical (unpaired) electrons. The van der Waals surface area contributed by atoms with Crippen LogP contribution in [0.4, 0.5) is 0 Å². The monoisotopic (exact) mass is 116 g/mol. The number of nitrogens with two attached hydrogens (primary N) is 1. The van der Waals surface area contributed by atoms with Gasteiger partial charge in [0.15, 0.2) is 0 Å². The third-order valence-corrected chi connectivity index (χ3v) is 0.944. The summed E-state index contributed by atoms with van der Waals surface area (Å²) < 4.78 is 0. The zero-order valence-corrected chi connectivity index (χ0v) is 5.03. The lowest BCUT2D eigenvalue weighted by atomic mass is 10.8. The van der Waals surface area contributed by atoms with Gasteiger partial charge in [-0.1, -0.05) is 18.3 Å². The number of hydrazone groups is 1. The van der Waals surface area contributed by atoms with Gasteiger partial charge in [-0.25, -0.2) is 0 Å². The molecule has 0 unspecified atom stereocenters. The van der Waals surface area contributed by atoms with Crippen molar-refractivity contribution >= 4 is 17.3 Å². The Kier molecular flexibility index (Phi) is 3.50. The van der Waals surface area contributed by atoms with Gasteiger partial charge in [0.25, 0.3) is 0 Å². The molecule has 0 bridgehead atoms. The normalized spacial score (nSPS) is 9.86. The van der Waals surface area contributed by atoms with Crippen LogP contribution in [-0.2, 0) is 0 Å². The second-order valence-electron chi connectivity index (χ2n) is 1.07. The van der Waals surface area contributed by atoms with Gasteiger partial charge >= 0.3 is 0 Å². The number of thioether (sulfide) groups is 1. The van der Waals surface area contributed by atoms with Crippen LogP contribution < -0.4 is 5.84 Å². The second kappa shape index (κ2) is 3.74. The zero-order valence-electron chi connectivity index (χ0n) is 4.22. The Morgan fingerprint density at radius 1 is 2.00 bits per heavy atom. The molecule has 0 spiro atoms. The number of rotatable bonds is 2. The molecule has 3 heteroatoms. The molecule has 0 atom stereocenters. The van der Waals surface area contributed by atoms with Crippen LogP contribution in [-0.4, -0.2) is 5.55 Å². The smallest absolute Gasteiger partial charge is 0.0839 e. The third-order valence-electron chi connectivity index (χ3n) is 0.315. The molecule has 0 aromatic carbocycles. The summed E-state index contributed by atoms with van der Waals surface area (Å²) in [5, 5.41) is 3.25. The van der Waals surface area contributed by atoms with Crippen molar-refractivity contribution in [3.63, 3.8) is 0 Å². The maximum Gasteiger partial charge on any atom is 0.0839 e. The van der Waals surface area contributed by atoms with E-state index < -0.39 is 0 Å². The van der Waals surface area contributed by atoms with Crippen molar-refractivity contribution in [2.75, 3.05) is 0 Å². The molecule has 40 valence electrons. The van der Waals surface area contributed by atoms with E-state index in [0.29, 0.717) is 0 Å². The molecular formula is C4H8N2S. The van der Waals surface area contributed by atoms with Crippen molar-refractivity contribution in [2.45, 2.75) is 6.92 Å². The van der Waals surface area contributed by atoms with Crippen LogP contribution >= 0.6 is 11.8 Å². The first-order valence-electron chi connectivity index (χ1n) is 1.81. The van der Waals surface area contributed by atoms with Crippen molar-refractivity contribution in [2.24, 2.45) is 10.9 Å². The van der Waals surface area contributed by atoms with Crippen LogP contribution in [0.2, 0.25) is 0 Å². The number of allylic oxidation sites excluding steroid dienone is 1. The summed E-state index contributed by atoms with van der Waals surface area (Å²) in [6.45, 7) is 5.50. The van der Waals surface area contributed by atoms with E-state index in [1.807, 2.05) is 6.92 Å². The minimum Gasteiger partial charge on any atom is -0.323 e. The molecule has 0 saturated heterocycles.